The predicted octanol–water partition coefficient (Wildman–Crippen LogP) is 7.41. The van der Waals surface area contributed by atoms with Gasteiger partial charge in [-0.25, -0.2) is 0 Å². The fourth-order valence-corrected chi connectivity index (χ4v) is 4.46. The van der Waals surface area contributed by atoms with Crippen molar-refractivity contribution in [3.63, 3.8) is 0 Å². The molecule has 0 amide bonds. The lowest BCUT2D eigenvalue weighted by atomic mass is 10.1. The van der Waals surface area contributed by atoms with Gasteiger partial charge in [-0.1, -0.05) is 60.6 Å². The molecule has 6 heteroatoms. The molecule has 0 bridgehead atoms. The van der Waals surface area contributed by atoms with Gasteiger partial charge in [-0.2, -0.15) is 17.7 Å². The van der Waals surface area contributed by atoms with Gasteiger partial charge in [0.15, 0.2) is 0 Å². The Hall–Kier alpha value is -0.810. The summed E-state index contributed by atoms with van der Waals surface area (Å²) in [6.45, 7) is 10.4. The number of nitrogens with zero attached hydrogens (tertiary/aromatic N) is 2. The lowest BCUT2D eigenvalue weighted by molar-refractivity contribution is 0.489. The number of rotatable bonds is 6. The number of aryl methyl sites for hydroxylation is 1. The fraction of sp³-hybridized carbons (Fsp3) is 0.316. The summed E-state index contributed by atoms with van der Waals surface area (Å²) in [7, 11) is 0. The van der Waals surface area contributed by atoms with Crippen LogP contribution in [0.3, 0.4) is 0 Å². The Morgan fingerprint density at radius 3 is 2.44 bits per heavy atom. The molecule has 25 heavy (non-hydrogen) atoms. The van der Waals surface area contributed by atoms with E-state index in [4.69, 9.17) is 28.3 Å². The van der Waals surface area contributed by atoms with E-state index in [1.165, 1.54) is 5.56 Å². The third-order valence-corrected chi connectivity index (χ3v) is 5.10. The van der Waals surface area contributed by atoms with Crippen LogP contribution < -0.4 is 0 Å². The van der Waals surface area contributed by atoms with Crippen LogP contribution in [0.1, 0.15) is 38.6 Å². The van der Waals surface area contributed by atoms with Gasteiger partial charge in [-0.05, 0) is 44.4 Å². The molecule has 136 valence electrons. The minimum atomic E-state index is 0. The quantitative estimate of drug-likeness (QED) is 0.391. The molecule has 0 saturated heterocycles. The Labute approximate surface area is 170 Å². The van der Waals surface area contributed by atoms with Crippen LogP contribution in [0, 0.1) is 6.92 Å². The van der Waals surface area contributed by atoms with Gasteiger partial charge < -0.3 is 0 Å². The summed E-state index contributed by atoms with van der Waals surface area (Å²) in [4.78, 5) is 0.992. The standard InChI is InChI=1S/C18H20Cl2N2S2.CH4/c1-11(2)22-18(24-16-9-14(19)8-15(20)10-16)17(13(4)21-22)7-12(3)5-6-23;/h5-6,8-11,23H,3,7H2,1-2,4H3;1H4/b6-5-;. The smallest absolute Gasteiger partial charge is 0.103 e. The summed E-state index contributed by atoms with van der Waals surface area (Å²) < 4.78 is 2.04. The highest BCUT2D eigenvalue weighted by Gasteiger charge is 2.19. The first kappa shape index (κ1) is 22.2. The summed E-state index contributed by atoms with van der Waals surface area (Å²) in [5.41, 5.74) is 3.16. The first-order valence-corrected chi connectivity index (χ1v) is 9.61. The van der Waals surface area contributed by atoms with Gasteiger partial charge in [0.25, 0.3) is 0 Å². The van der Waals surface area contributed by atoms with E-state index in [-0.39, 0.29) is 13.5 Å². The summed E-state index contributed by atoms with van der Waals surface area (Å²) in [6.07, 6.45) is 2.63. The largest absolute Gasteiger partial charge is 0.256 e. The minimum absolute atomic E-state index is 0. The van der Waals surface area contributed by atoms with Gasteiger partial charge in [-0.3, -0.25) is 4.68 Å². The molecule has 0 saturated carbocycles. The van der Waals surface area contributed by atoms with Crippen LogP contribution in [-0.4, -0.2) is 9.78 Å². The van der Waals surface area contributed by atoms with Crippen molar-refractivity contribution in [3.8, 4) is 0 Å². The van der Waals surface area contributed by atoms with Crippen LogP contribution in [0.15, 0.2) is 51.8 Å². The van der Waals surface area contributed by atoms with Gasteiger partial charge in [0.1, 0.15) is 5.03 Å². The second kappa shape index (κ2) is 9.77. The number of aromatic nitrogens is 2. The van der Waals surface area contributed by atoms with E-state index < -0.39 is 0 Å². The van der Waals surface area contributed by atoms with Crippen LogP contribution in [0.2, 0.25) is 10.0 Å². The average molecular weight is 415 g/mol. The van der Waals surface area contributed by atoms with E-state index in [0.29, 0.717) is 10.0 Å². The molecule has 0 aliphatic carbocycles. The van der Waals surface area contributed by atoms with Crippen molar-refractivity contribution in [3.05, 3.63) is 63.1 Å². The van der Waals surface area contributed by atoms with Crippen LogP contribution in [-0.2, 0) is 6.42 Å². The van der Waals surface area contributed by atoms with Gasteiger partial charge >= 0.3 is 0 Å². The highest BCUT2D eigenvalue weighted by Crippen LogP contribution is 2.37. The SMILES string of the molecule is C.C=C(/C=C\S)Cc1c(C)nn(C(C)C)c1Sc1cc(Cl)cc(Cl)c1. The zero-order valence-corrected chi connectivity index (χ0v) is 17.1. The Kier molecular flexibility index (Phi) is 8.69. The lowest BCUT2D eigenvalue weighted by Gasteiger charge is -2.13. The van der Waals surface area contributed by atoms with E-state index in [9.17, 15) is 0 Å². The lowest BCUT2D eigenvalue weighted by Crippen LogP contribution is -2.05. The molecule has 0 radical (unpaired) electrons. The van der Waals surface area contributed by atoms with Gasteiger partial charge in [0.05, 0.1) is 5.69 Å². The van der Waals surface area contributed by atoms with Crippen molar-refractivity contribution >= 4 is 47.6 Å². The number of thiol groups is 1. The third-order valence-electron chi connectivity index (χ3n) is 3.41. The highest BCUT2D eigenvalue weighted by atomic mass is 35.5. The molecule has 0 fully saturated rings. The summed E-state index contributed by atoms with van der Waals surface area (Å²) in [5, 5.41) is 8.76. The van der Waals surface area contributed by atoms with Crippen LogP contribution >= 0.6 is 47.6 Å². The minimum Gasteiger partial charge on any atom is -0.256 e. The van der Waals surface area contributed by atoms with Crippen LogP contribution in [0.25, 0.3) is 0 Å². The monoisotopic (exact) mass is 414 g/mol. The van der Waals surface area contributed by atoms with E-state index in [1.807, 2.05) is 29.8 Å². The molecule has 0 aliphatic heterocycles. The molecule has 1 aromatic heterocycles. The molecule has 1 heterocycles. The second-order valence-corrected chi connectivity index (χ2v) is 8.00. The molecule has 0 aliphatic rings. The normalized spacial score (nSPS) is 11.2. The van der Waals surface area contributed by atoms with Crippen molar-refractivity contribution in [2.45, 2.75) is 50.6 Å². The molecule has 2 rings (SSSR count). The number of hydrogen-bond acceptors (Lipinski definition) is 3. The van der Waals surface area contributed by atoms with E-state index in [0.717, 1.165) is 27.6 Å². The Morgan fingerprint density at radius 2 is 1.92 bits per heavy atom. The zero-order valence-electron chi connectivity index (χ0n) is 13.9. The van der Waals surface area contributed by atoms with E-state index in [2.05, 4.69) is 33.1 Å². The predicted molar refractivity (Wildman–Crippen MR) is 116 cm³/mol. The number of allylic oxidation sites excluding steroid dienone is 2. The average Bonchev–Trinajstić information content (AvgIpc) is 2.75. The highest BCUT2D eigenvalue weighted by molar-refractivity contribution is 7.99. The molecule has 2 nitrogen and oxygen atoms in total. The third kappa shape index (κ3) is 5.85. The molecule has 0 spiro atoms. The molecule has 2 aromatic rings. The number of halogens is 2. The molecule has 0 atom stereocenters. The van der Waals surface area contributed by atoms with Crippen molar-refractivity contribution in [2.24, 2.45) is 0 Å². The Balaban J connectivity index is 0.00000312. The van der Waals surface area contributed by atoms with Crippen molar-refractivity contribution in [1.82, 2.24) is 9.78 Å². The molecule has 0 N–H and O–H groups in total. The molecular formula is C19H24Cl2N2S2. The van der Waals surface area contributed by atoms with Gasteiger partial charge in [-0.15, -0.1) is 0 Å². The van der Waals surface area contributed by atoms with Crippen molar-refractivity contribution in [2.75, 3.05) is 0 Å². The van der Waals surface area contributed by atoms with E-state index >= 15 is 0 Å². The van der Waals surface area contributed by atoms with E-state index in [1.54, 1.807) is 23.2 Å². The maximum Gasteiger partial charge on any atom is 0.103 e. The first-order valence-electron chi connectivity index (χ1n) is 7.52. The molecular weight excluding hydrogens is 391 g/mol. The summed E-state index contributed by atoms with van der Waals surface area (Å²) in [5.74, 6) is 0. The zero-order chi connectivity index (χ0) is 17.9. The summed E-state index contributed by atoms with van der Waals surface area (Å²) in [6, 6.07) is 5.82. The first-order chi connectivity index (χ1) is 11.3. The molecule has 0 unspecified atom stereocenters. The number of hydrogen-bond donors (Lipinski definition) is 1. The molecule has 1 aromatic carbocycles. The topological polar surface area (TPSA) is 17.8 Å². The second-order valence-electron chi connectivity index (χ2n) is 5.77. The van der Waals surface area contributed by atoms with Crippen LogP contribution in [0.4, 0.5) is 0 Å². The Morgan fingerprint density at radius 1 is 1.32 bits per heavy atom. The Bertz CT molecular complexity index is 760. The van der Waals surface area contributed by atoms with Gasteiger partial charge in [0.2, 0.25) is 0 Å². The van der Waals surface area contributed by atoms with Crippen LogP contribution in [0.5, 0.6) is 0 Å². The van der Waals surface area contributed by atoms with Crippen molar-refractivity contribution < 1.29 is 0 Å². The maximum absolute atomic E-state index is 6.14. The number of benzene rings is 1. The maximum atomic E-state index is 6.14. The van der Waals surface area contributed by atoms with Gasteiger partial charge in [0, 0.05) is 33.0 Å². The van der Waals surface area contributed by atoms with Crippen molar-refractivity contribution in [1.29, 1.82) is 0 Å². The summed E-state index contributed by atoms with van der Waals surface area (Å²) >= 11 is 18.0. The fourth-order valence-electron chi connectivity index (χ4n) is 2.31.